The number of rotatable bonds is 2. The van der Waals surface area contributed by atoms with Crippen LogP contribution >= 0.6 is 0 Å². The van der Waals surface area contributed by atoms with E-state index in [-0.39, 0.29) is 23.1 Å². The summed E-state index contributed by atoms with van der Waals surface area (Å²) >= 11 is 0. The topological polar surface area (TPSA) is 102 Å². The average Bonchev–Trinajstić information content (AvgIpc) is 2.89. The predicted molar refractivity (Wildman–Crippen MR) is 76.3 cm³/mol. The zero-order valence-electron chi connectivity index (χ0n) is 11.7. The van der Waals surface area contributed by atoms with E-state index < -0.39 is 15.8 Å². The summed E-state index contributed by atoms with van der Waals surface area (Å²) in [5.41, 5.74) is 1.75. The lowest BCUT2D eigenvalue weighted by atomic mass is 10.1. The van der Waals surface area contributed by atoms with Crippen LogP contribution < -0.4 is 0 Å². The van der Waals surface area contributed by atoms with Crippen LogP contribution in [0.1, 0.15) is 34.2 Å². The first kappa shape index (κ1) is 14.0. The Morgan fingerprint density at radius 1 is 1.38 bits per heavy atom. The Morgan fingerprint density at radius 3 is 2.67 bits per heavy atom. The van der Waals surface area contributed by atoms with E-state index >= 15 is 0 Å². The number of aromatic nitrogens is 3. The van der Waals surface area contributed by atoms with Gasteiger partial charge in [0.2, 0.25) is 0 Å². The van der Waals surface area contributed by atoms with Gasteiger partial charge in [-0.05, 0) is 26.3 Å². The van der Waals surface area contributed by atoms with Crippen molar-refractivity contribution in [3.05, 3.63) is 23.0 Å². The molecule has 7 nitrogen and oxygen atoms in total. The van der Waals surface area contributed by atoms with E-state index in [9.17, 15) is 13.2 Å². The number of hydrogen-bond donors (Lipinski definition) is 1. The number of fused-ring (bicyclic) bond motifs is 1. The molecule has 1 aliphatic heterocycles. The van der Waals surface area contributed by atoms with E-state index in [1.807, 2.05) is 0 Å². The second kappa shape index (κ2) is 4.52. The number of aromatic carboxylic acids is 1. The molecule has 2 aromatic heterocycles. The van der Waals surface area contributed by atoms with Gasteiger partial charge in [-0.1, -0.05) is 0 Å². The van der Waals surface area contributed by atoms with E-state index in [0.717, 1.165) is 0 Å². The molecular formula is C13H15N3O4S. The maximum Gasteiger partial charge on any atom is 0.337 e. The van der Waals surface area contributed by atoms with Gasteiger partial charge in [-0.25, -0.2) is 22.9 Å². The number of pyridine rings is 1. The summed E-state index contributed by atoms with van der Waals surface area (Å²) in [5.74, 6) is -0.813. The molecule has 1 fully saturated rings. The molecule has 0 aliphatic carbocycles. The number of hydrogen-bond acceptors (Lipinski definition) is 5. The molecule has 0 amide bonds. The maximum atomic E-state index is 11.6. The molecule has 0 aromatic carbocycles. The summed E-state index contributed by atoms with van der Waals surface area (Å²) in [6.45, 7) is 3.39. The zero-order chi connectivity index (χ0) is 15.4. The first-order valence-corrected chi connectivity index (χ1v) is 8.41. The van der Waals surface area contributed by atoms with Gasteiger partial charge in [-0.2, -0.15) is 5.10 Å². The first-order chi connectivity index (χ1) is 9.78. The quantitative estimate of drug-likeness (QED) is 0.891. The smallest absolute Gasteiger partial charge is 0.337 e. The Morgan fingerprint density at radius 2 is 2.10 bits per heavy atom. The van der Waals surface area contributed by atoms with Crippen LogP contribution in [0.15, 0.2) is 6.07 Å². The number of carboxylic acids is 1. The summed E-state index contributed by atoms with van der Waals surface area (Å²) in [7, 11) is -3.02. The molecule has 0 saturated carbocycles. The summed E-state index contributed by atoms with van der Waals surface area (Å²) < 4.78 is 24.9. The van der Waals surface area contributed by atoms with Crippen molar-refractivity contribution in [3.63, 3.8) is 0 Å². The third kappa shape index (κ3) is 2.29. The van der Waals surface area contributed by atoms with Crippen LogP contribution in [-0.4, -0.2) is 45.8 Å². The van der Waals surface area contributed by atoms with E-state index in [4.69, 9.17) is 5.11 Å². The van der Waals surface area contributed by atoms with E-state index in [1.54, 1.807) is 24.6 Å². The van der Waals surface area contributed by atoms with E-state index in [2.05, 4.69) is 10.1 Å². The average molecular weight is 309 g/mol. The van der Waals surface area contributed by atoms with Gasteiger partial charge in [0, 0.05) is 5.39 Å². The summed E-state index contributed by atoms with van der Waals surface area (Å²) in [6, 6.07) is 1.33. The summed E-state index contributed by atoms with van der Waals surface area (Å²) in [6.07, 6.45) is 0.514. The lowest BCUT2D eigenvalue weighted by Gasteiger charge is -2.10. The Labute approximate surface area is 121 Å². The molecule has 21 heavy (non-hydrogen) atoms. The molecule has 1 aliphatic rings. The van der Waals surface area contributed by atoms with E-state index in [0.29, 0.717) is 28.8 Å². The lowest BCUT2D eigenvalue weighted by Crippen LogP contribution is -2.13. The minimum absolute atomic E-state index is 0.0601. The molecule has 2 aromatic rings. The van der Waals surface area contributed by atoms with Crippen molar-refractivity contribution in [1.82, 2.24) is 14.8 Å². The first-order valence-electron chi connectivity index (χ1n) is 6.58. The molecule has 0 radical (unpaired) electrons. The van der Waals surface area contributed by atoms with Crippen LogP contribution in [0.25, 0.3) is 11.0 Å². The van der Waals surface area contributed by atoms with Crippen molar-refractivity contribution >= 4 is 26.8 Å². The van der Waals surface area contributed by atoms with Crippen LogP contribution in [-0.2, 0) is 9.84 Å². The van der Waals surface area contributed by atoms with Crippen molar-refractivity contribution in [3.8, 4) is 0 Å². The summed E-state index contributed by atoms with van der Waals surface area (Å²) in [4.78, 5) is 15.5. The van der Waals surface area contributed by atoms with Gasteiger partial charge in [0.1, 0.15) is 0 Å². The van der Waals surface area contributed by atoms with Crippen LogP contribution in [0.4, 0.5) is 0 Å². The Balaban J connectivity index is 2.18. The third-order valence-electron chi connectivity index (χ3n) is 3.84. The zero-order valence-corrected chi connectivity index (χ0v) is 12.5. The molecule has 3 heterocycles. The van der Waals surface area contributed by atoms with Crippen LogP contribution in [0.3, 0.4) is 0 Å². The molecule has 3 rings (SSSR count). The second-order valence-electron chi connectivity index (χ2n) is 5.38. The molecule has 1 saturated heterocycles. The van der Waals surface area contributed by atoms with Crippen LogP contribution in [0.5, 0.6) is 0 Å². The van der Waals surface area contributed by atoms with Gasteiger partial charge < -0.3 is 5.11 Å². The predicted octanol–water partition coefficient (Wildman–Crippen LogP) is 1.11. The fraction of sp³-hybridized carbons (Fsp3) is 0.462. The Hall–Kier alpha value is -1.96. The molecule has 0 spiro atoms. The lowest BCUT2D eigenvalue weighted by molar-refractivity contribution is 0.0696. The fourth-order valence-electron chi connectivity index (χ4n) is 2.74. The number of carboxylic acid groups (broad SMARTS) is 1. The normalized spacial score (nSPS) is 21.0. The molecule has 0 bridgehead atoms. The second-order valence-corrected chi connectivity index (χ2v) is 7.61. The molecule has 1 atom stereocenters. The minimum Gasteiger partial charge on any atom is -0.478 e. The SMILES string of the molecule is Cc1nc2c(cc1C(=O)O)c(C)nn2C1CCS(=O)(=O)C1. The van der Waals surface area contributed by atoms with Gasteiger partial charge >= 0.3 is 5.97 Å². The fourth-order valence-corrected chi connectivity index (χ4v) is 4.43. The van der Waals surface area contributed by atoms with Gasteiger partial charge in [0.15, 0.2) is 15.5 Å². The summed E-state index contributed by atoms with van der Waals surface area (Å²) in [5, 5.41) is 14.2. The molecule has 1 unspecified atom stereocenters. The van der Waals surface area contributed by atoms with Crippen LogP contribution in [0, 0.1) is 13.8 Å². The van der Waals surface area contributed by atoms with Crippen molar-refractivity contribution in [2.24, 2.45) is 0 Å². The van der Waals surface area contributed by atoms with Gasteiger partial charge in [0.05, 0.1) is 34.5 Å². The van der Waals surface area contributed by atoms with Crippen molar-refractivity contribution in [1.29, 1.82) is 0 Å². The van der Waals surface area contributed by atoms with Gasteiger partial charge in [0.25, 0.3) is 0 Å². The third-order valence-corrected chi connectivity index (χ3v) is 5.59. The monoisotopic (exact) mass is 309 g/mol. The van der Waals surface area contributed by atoms with Crippen molar-refractivity contribution in [2.45, 2.75) is 26.3 Å². The van der Waals surface area contributed by atoms with Crippen LogP contribution in [0.2, 0.25) is 0 Å². The van der Waals surface area contributed by atoms with E-state index in [1.165, 1.54) is 0 Å². The highest BCUT2D eigenvalue weighted by Crippen LogP contribution is 2.28. The van der Waals surface area contributed by atoms with Crippen molar-refractivity contribution in [2.75, 3.05) is 11.5 Å². The molecule has 1 N–H and O–H groups in total. The number of aryl methyl sites for hydroxylation is 2. The Bertz CT molecular complexity index is 854. The number of carbonyl (C=O) groups is 1. The largest absolute Gasteiger partial charge is 0.478 e. The van der Waals surface area contributed by atoms with Crippen molar-refractivity contribution < 1.29 is 18.3 Å². The Kier molecular flexibility index (Phi) is 3.01. The minimum atomic E-state index is -3.02. The highest BCUT2D eigenvalue weighted by molar-refractivity contribution is 7.91. The highest BCUT2D eigenvalue weighted by Gasteiger charge is 2.31. The number of sulfone groups is 1. The highest BCUT2D eigenvalue weighted by atomic mass is 32.2. The molecular weight excluding hydrogens is 294 g/mol. The maximum absolute atomic E-state index is 11.6. The molecule has 8 heteroatoms. The standard InChI is InChI=1S/C13H15N3O4S/c1-7-11(13(17)18)5-10-8(2)15-16(12(10)14-7)9-3-4-21(19,20)6-9/h5,9H,3-4,6H2,1-2H3,(H,17,18). The molecule has 112 valence electrons. The van der Waals surface area contributed by atoms with Gasteiger partial charge in [-0.3, -0.25) is 0 Å². The van der Waals surface area contributed by atoms with Gasteiger partial charge in [-0.15, -0.1) is 0 Å². The number of nitrogens with zero attached hydrogens (tertiary/aromatic N) is 3.